The van der Waals surface area contributed by atoms with Gasteiger partial charge in [-0.15, -0.1) is 0 Å². The number of nitrogens with zero attached hydrogens (tertiary/aromatic N) is 1. The maximum Gasteiger partial charge on any atom is 0.0340 e. The first kappa shape index (κ1) is 13.2. The van der Waals surface area contributed by atoms with Crippen molar-refractivity contribution in [1.29, 1.82) is 0 Å². The summed E-state index contributed by atoms with van der Waals surface area (Å²) in [7, 11) is 0. The molecule has 0 amide bonds. The third-order valence-corrected chi connectivity index (χ3v) is 3.87. The zero-order valence-electron chi connectivity index (χ0n) is 12.1. The van der Waals surface area contributed by atoms with E-state index in [1.165, 1.54) is 41.6 Å². The van der Waals surface area contributed by atoms with Crippen molar-refractivity contribution in [3.8, 4) is 0 Å². The average Bonchev–Trinajstić information content (AvgIpc) is 3.26. The predicted molar refractivity (Wildman–Crippen MR) is 84.0 cm³/mol. The number of pyridine rings is 1. The van der Waals surface area contributed by atoms with Crippen LogP contribution in [0.5, 0.6) is 0 Å². The molecule has 0 saturated heterocycles. The molecule has 1 heterocycles. The molecule has 1 saturated carbocycles. The smallest absolute Gasteiger partial charge is 0.0340 e. The van der Waals surface area contributed by atoms with E-state index < -0.39 is 0 Å². The van der Waals surface area contributed by atoms with E-state index in [0.29, 0.717) is 0 Å². The summed E-state index contributed by atoms with van der Waals surface area (Å²) in [5.41, 5.74) is 5.23. The Morgan fingerprint density at radius 1 is 1.10 bits per heavy atom. The largest absolute Gasteiger partial charge is 0.385 e. The van der Waals surface area contributed by atoms with Gasteiger partial charge in [-0.2, -0.15) is 0 Å². The van der Waals surface area contributed by atoms with Crippen molar-refractivity contribution in [3.63, 3.8) is 0 Å². The molecule has 104 valence electrons. The van der Waals surface area contributed by atoms with Crippen molar-refractivity contribution in [3.05, 3.63) is 59.4 Å². The summed E-state index contributed by atoms with van der Waals surface area (Å²) in [6, 6.07) is 10.9. The van der Waals surface area contributed by atoms with E-state index in [2.05, 4.69) is 47.6 Å². The molecule has 2 heteroatoms. The van der Waals surface area contributed by atoms with Crippen LogP contribution in [-0.4, -0.2) is 11.5 Å². The summed E-state index contributed by atoms with van der Waals surface area (Å²) < 4.78 is 0. The SMILES string of the molecule is Cc1ccc(NCCc2cncc(CC3CC3)c2)cc1. The summed E-state index contributed by atoms with van der Waals surface area (Å²) in [6.45, 7) is 3.07. The first-order valence-corrected chi connectivity index (χ1v) is 7.53. The zero-order valence-corrected chi connectivity index (χ0v) is 12.1. The number of aromatic nitrogens is 1. The monoisotopic (exact) mass is 266 g/mol. The van der Waals surface area contributed by atoms with Crippen molar-refractivity contribution in [2.24, 2.45) is 5.92 Å². The van der Waals surface area contributed by atoms with Gasteiger partial charge in [0.2, 0.25) is 0 Å². The number of nitrogens with one attached hydrogen (secondary N) is 1. The standard InChI is InChI=1S/C18H22N2/c1-14-2-6-18(7-3-14)20-9-8-16-11-17(13-19-12-16)10-15-4-5-15/h2-3,6-7,11-13,15,20H,4-5,8-10H2,1H3. The van der Waals surface area contributed by atoms with Crippen LogP contribution in [0.25, 0.3) is 0 Å². The summed E-state index contributed by atoms with van der Waals surface area (Å²) in [6.07, 6.45) is 9.06. The highest BCUT2D eigenvalue weighted by Crippen LogP contribution is 2.32. The maximum absolute atomic E-state index is 4.37. The quantitative estimate of drug-likeness (QED) is 0.855. The molecule has 1 N–H and O–H groups in total. The van der Waals surface area contributed by atoms with E-state index >= 15 is 0 Å². The lowest BCUT2D eigenvalue weighted by Crippen LogP contribution is -2.05. The fraction of sp³-hybridized carbons (Fsp3) is 0.389. The van der Waals surface area contributed by atoms with Crippen molar-refractivity contribution >= 4 is 5.69 Å². The van der Waals surface area contributed by atoms with E-state index in [0.717, 1.165) is 18.9 Å². The molecular formula is C18H22N2. The average molecular weight is 266 g/mol. The van der Waals surface area contributed by atoms with Crippen molar-refractivity contribution in [1.82, 2.24) is 4.98 Å². The van der Waals surface area contributed by atoms with E-state index in [9.17, 15) is 0 Å². The minimum atomic E-state index is 0.928. The van der Waals surface area contributed by atoms with Crippen LogP contribution in [0.2, 0.25) is 0 Å². The molecule has 0 aliphatic heterocycles. The Bertz CT molecular complexity index is 556. The van der Waals surface area contributed by atoms with E-state index in [1.807, 2.05) is 12.4 Å². The molecule has 2 aromatic rings. The summed E-state index contributed by atoms with van der Waals surface area (Å²) >= 11 is 0. The number of aryl methyl sites for hydroxylation is 1. The van der Waals surface area contributed by atoms with Crippen LogP contribution < -0.4 is 5.32 Å². The normalized spacial score (nSPS) is 14.2. The van der Waals surface area contributed by atoms with Crippen LogP contribution in [-0.2, 0) is 12.8 Å². The first-order chi connectivity index (χ1) is 9.79. The molecule has 1 fully saturated rings. The fourth-order valence-corrected chi connectivity index (χ4v) is 2.47. The van der Waals surface area contributed by atoms with Gasteiger partial charge in [-0.1, -0.05) is 23.8 Å². The number of hydrogen-bond donors (Lipinski definition) is 1. The number of anilines is 1. The fourth-order valence-electron chi connectivity index (χ4n) is 2.47. The van der Waals surface area contributed by atoms with E-state index in [4.69, 9.17) is 0 Å². The van der Waals surface area contributed by atoms with Crippen molar-refractivity contribution in [2.45, 2.75) is 32.6 Å². The van der Waals surface area contributed by atoms with Gasteiger partial charge in [0, 0.05) is 24.6 Å². The Morgan fingerprint density at radius 3 is 2.60 bits per heavy atom. The Balaban J connectivity index is 1.51. The van der Waals surface area contributed by atoms with Crippen LogP contribution in [0.4, 0.5) is 5.69 Å². The Labute approximate surface area is 121 Å². The molecule has 0 spiro atoms. The Hall–Kier alpha value is -1.83. The molecule has 2 nitrogen and oxygen atoms in total. The van der Waals surface area contributed by atoms with Crippen LogP contribution in [0.15, 0.2) is 42.7 Å². The highest BCUT2D eigenvalue weighted by atomic mass is 14.9. The maximum atomic E-state index is 4.37. The van der Waals surface area contributed by atoms with Gasteiger partial charge in [0.25, 0.3) is 0 Å². The minimum absolute atomic E-state index is 0.928. The Kier molecular flexibility index (Phi) is 4.00. The Morgan fingerprint density at radius 2 is 1.85 bits per heavy atom. The van der Waals surface area contributed by atoms with Gasteiger partial charge in [-0.05, 0) is 61.8 Å². The van der Waals surface area contributed by atoms with Crippen molar-refractivity contribution in [2.75, 3.05) is 11.9 Å². The topological polar surface area (TPSA) is 24.9 Å². The molecule has 0 atom stereocenters. The van der Waals surface area contributed by atoms with Crippen molar-refractivity contribution < 1.29 is 0 Å². The minimum Gasteiger partial charge on any atom is -0.385 e. The zero-order chi connectivity index (χ0) is 13.8. The van der Waals surface area contributed by atoms with Gasteiger partial charge >= 0.3 is 0 Å². The highest BCUT2D eigenvalue weighted by Gasteiger charge is 2.21. The second-order valence-electron chi connectivity index (χ2n) is 5.89. The number of hydrogen-bond acceptors (Lipinski definition) is 2. The van der Waals surface area contributed by atoms with Crippen LogP contribution in [0, 0.1) is 12.8 Å². The third-order valence-electron chi connectivity index (χ3n) is 3.87. The first-order valence-electron chi connectivity index (χ1n) is 7.53. The molecule has 1 aliphatic rings. The van der Waals surface area contributed by atoms with Crippen LogP contribution >= 0.6 is 0 Å². The molecule has 20 heavy (non-hydrogen) atoms. The van der Waals surface area contributed by atoms with E-state index in [1.54, 1.807) is 0 Å². The van der Waals surface area contributed by atoms with Crippen LogP contribution in [0.1, 0.15) is 29.5 Å². The summed E-state index contributed by atoms with van der Waals surface area (Å²) in [4.78, 5) is 4.37. The molecular weight excluding hydrogens is 244 g/mol. The second kappa shape index (κ2) is 6.08. The number of benzene rings is 1. The van der Waals surface area contributed by atoms with E-state index in [-0.39, 0.29) is 0 Å². The molecule has 1 aromatic heterocycles. The lowest BCUT2D eigenvalue weighted by molar-refractivity contribution is 0.823. The predicted octanol–water partition coefficient (Wildman–Crippen LogP) is 4.00. The molecule has 3 rings (SSSR count). The summed E-state index contributed by atoms with van der Waals surface area (Å²) in [5, 5.41) is 3.47. The van der Waals surface area contributed by atoms with Gasteiger partial charge in [0.15, 0.2) is 0 Å². The highest BCUT2D eigenvalue weighted by molar-refractivity contribution is 5.44. The number of rotatable bonds is 6. The van der Waals surface area contributed by atoms with Gasteiger partial charge < -0.3 is 5.32 Å². The molecule has 0 radical (unpaired) electrons. The molecule has 0 unspecified atom stereocenters. The third kappa shape index (κ3) is 3.83. The van der Waals surface area contributed by atoms with Gasteiger partial charge in [0.1, 0.15) is 0 Å². The van der Waals surface area contributed by atoms with Gasteiger partial charge in [0.05, 0.1) is 0 Å². The molecule has 1 aliphatic carbocycles. The second-order valence-corrected chi connectivity index (χ2v) is 5.89. The van der Waals surface area contributed by atoms with Gasteiger partial charge in [-0.3, -0.25) is 4.98 Å². The summed E-state index contributed by atoms with van der Waals surface area (Å²) in [5.74, 6) is 0.928. The molecule has 1 aromatic carbocycles. The van der Waals surface area contributed by atoms with Crippen LogP contribution in [0.3, 0.4) is 0 Å². The lowest BCUT2D eigenvalue weighted by Gasteiger charge is -2.08. The van der Waals surface area contributed by atoms with Gasteiger partial charge in [-0.25, -0.2) is 0 Å². The lowest BCUT2D eigenvalue weighted by atomic mass is 10.1. The molecule has 0 bridgehead atoms.